The summed E-state index contributed by atoms with van der Waals surface area (Å²) in [5, 5.41) is 11.3. The van der Waals surface area contributed by atoms with E-state index in [-0.39, 0.29) is 18.0 Å². The van der Waals surface area contributed by atoms with E-state index in [1.165, 1.54) is 6.20 Å². The van der Waals surface area contributed by atoms with E-state index in [4.69, 9.17) is 5.11 Å². The van der Waals surface area contributed by atoms with Gasteiger partial charge in [0, 0.05) is 5.69 Å². The van der Waals surface area contributed by atoms with E-state index in [2.05, 4.69) is 14.1 Å². The van der Waals surface area contributed by atoms with Crippen LogP contribution in [0.3, 0.4) is 0 Å². The van der Waals surface area contributed by atoms with Crippen molar-refractivity contribution in [2.45, 2.75) is 6.42 Å². The van der Waals surface area contributed by atoms with Crippen LogP contribution in [-0.2, 0) is 11.2 Å². The maximum Gasteiger partial charge on any atom is 0.307 e. The predicted octanol–water partition coefficient (Wildman–Crippen LogP) is 1.42. The van der Waals surface area contributed by atoms with Crippen LogP contribution in [0, 0.1) is 0 Å². The van der Waals surface area contributed by atoms with Gasteiger partial charge >= 0.3 is 5.97 Å². The van der Waals surface area contributed by atoms with Crippen molar-refractivity contribution in [3.63, 3.8) is 0 Å². The molecule has 1 aromatic carbocycles. The van der Waals surface area contributed by atoms with Gasteiger partial charge in [-0.25, -0.2) is 0 Å². The Morgan fingerprint density at radius 2 is 2.00 bits per heavy atom. The van der Waals surface area contributed by atoms with E-state index in [1.54, 1.807) is 24.3 Å². The number of benzene rings is 1. The molecule has 0 aliphatic rings. The molecule has 2 N–H and O–H groups in total. The van der Waals surface area contributed by atoms with Gasteiger partial charge in [0.05, 0.1) is 24.3 Å². The summed E-state index contributed by atoms with van der Waals surface area (Å²) in [4.78, 5) is 22.1. The minimum absolute atomic E-state index is 0.0375. The number of anilines is 1. The van der Waals surface area contributed by atoms with Crippen LogP contribution in [0.25, 0.3) is 0 Å². The van der Waals surface area contributed by atoms with Crippen molar-refractivity contribution in [1.29, 1.82) is 0 Å². The second-order valence-corrected chi connectivity index (χ2v) is 4.07. The molecule has 0 atom stereocenters. The lowest BCUT2D eigenvalue weighted by molar-refractivity contribution is -0.136. The largest absolute Gasteiger partial charge is 0.481 e. The minimum Gasteiger partial charge on any atom is -0.481 e. The SMILES string of the molecule is O=C(O)Cc1ccc(NC(=O)c2cnsn2)cc1. The van der Waals surface area contributed by atoms with Crippen molar-refractivity contribution in [3.05, 3.63) is 41.7 Å². The zero-order valence-electron chi connectivity index (χ0n) is 9.16. The molecule has 0 unspecified atom stereocenters. The molecule has 2 aromatic rings. The second kappa shape index (κ2) is 5.37. The first-order valence-corrected chi connectivity index (χ1v) is 5.78. The lowest BCUT2D eigenvalue weighted by atomic mass is 10.1. The fourth-order valence-corrected chi connectivity index (χ4v) is 1.75. The fraction of sp³-hybridized carbons (Fsp3) is 0.0909. The van der Waals surface area contributed by atoms with E-state index in [9.17, 15) is 9.59 Å². The maximum absolute atomic E-state index is 11.6. The van der Waals surface area contributed by atoms with Crippen LogP contribution < -0.4 is 5.32 Å². The van der Waals surface area contributed by atoms with Crippen LogP contribution in [0.2, 0.25) is 0 Å². The Kier molecular flexibility index (Phi) is 3.63. The van der Waals surface area contributed by atoms with Crippen LogP contribution >= 0.6 is 11.7 Å². The summed E-state index contributed by atoms with van der Waals surface area (Å²) < 4.78 is 7.55. The molecule has 0 aliphatic carbocycles. The molecule has 0 spiro atoms. The first kappa shape index (κ1) is 12.2. The summed E-state index contributed by atoms with van der Waals surface area (Å²) in [5.41, 5.74) is 1.52. The number of hydrogen-bond donors (Lipinski definition) is 2. The third-order valence-electron chi connectivity index (χ3n) is 2.16. The number of amides is 1. The molecule has 2 rings (SSSR count). The van der Waals surface area contributed by atoms with Gasteiger partial charge in [0.2, 0.25) is 0 Å². The van der Waals surface area contributed by atoms with Gasteiger partial charge in [0.1, 0.15) is 0 Å². The molecule has 92 valence electrons. The van der Waals surface area contributed by atoms with E-state index in [0.29, 0.717) is 11.3 Å². The van der Waals surface area contributed by atoms with Crippen LogP contribution in [-0.4, -0.2) is 25.7 Å². The van der Waals surface area contributed by atoms with Crippen LogP contribution in [0.1, 0.15) is 16.1 Å². The number of hydrogen-bond acceptors (Lipinski definition) is 5. The standard InChI is InChI=1S/C11H9N3O3S/c15-10(16)5-7-1-3-8(4-2-7)13-11(17)9-6-12-18-14-9/h1-4,6H,5H2,(H,13,17)(H,15,16). The quantitative estimate of drug-likeness (QED) is 0.870. The molecule has 7 heteroatoms. The van der Waals surface area contributed by atoms with Crippen molar-refractivity contribution in [3.8, 4) is 0 Å². The molecule has 6 nitrogen and oxygen atoms in total. The maximum atomic E-state index is 11.6. The highest BCUT2D eigenvalue weighted by molar-refractivity contribution is 6.99. The normalized spacial score (nSPS) is 10.0. The zero-order valence-corrected chi connectivity index (χ0v) is 9.98. The first-order chi connectivity index (χ1) is 8.65. The Hall–Kier alpha value is -2.28. The fourth-order valence-electron chi connectivity index (χ4n) is 1.34. The Morgan fingerprint density at radius 1 is 1.28 bits per heavy atom. The Bertz CT molecular complexity index is 551. The minimum atomic E-state index is -0.889. The van der Waals surface area contributed by atoms with Crippen LogP contribution in [0.5, 0.6) is 0 Å². The van der Waals surface area contributed by atoms with E-state index < -0.39 is 5.97 Å². The summed E-state index contributed by atoms with van der Waals surface area (Å²) in [7, 11) is 0. The van der Waals surface area contributed by atoms with E-state index in [0.717, 1.165) is 11.7 Å². The lowest BCUT2D eigenvalue weighted by Gasteiger charge is -2.03. The predicted molar refractivity (Wildman–Crippen MR) is 65.6 cm³/mol. The molecule has 0 radical (unpaired) electrons. The highest BCUT2D eigenvalue weighted by atomic mass is 32.1. The summed E-state index contributed by atoms with van der Waals surface area (Å²) in [5.74, 6) is -1.23. The average Bonchev–Trinajstić information content (AvgIpc) is 2.84. The molecular weight excluding hydrogens is 254 g/mol. The van der Waals surface area contributed by atoms with E-state index >= 15 is 0 Å². The Morgan fingerprint density at radius 3 is 2.56 bits per heavy atom. The van der Waals surface area contributed by atoms with Gasteiger partial charge in [0.25, 0.3) is 5.91 Å². The molecule has 0 saturated heterocycles. The van der Waals surface area contributed by atoms with Gasteiger partial charge in [0.15, 0.2) is 5.69 Å². The third-order valence-corrected chi connectivity index (χ3v) is 2.64. The number of nitrogens with one attached hydrogen (secondary N) is 1. The number of nitrogens with zero attached hydrogens (tertiary/aromatic N) is 2. The molecule has 18 heavy (non-hydrogen) atoms. The Labute approximate surface area is 107 Å². The highest BCUT2D eigenvalue weighted by Crippen LogP contribution is 2.11. The van der Waals surface area contributed by atoms with Gasteiger partial charge in [-0.2, -0.15) is 8.75 Å². The first-order valence-electron chi connectivity index (χ1n) is 5.05. The summed E-state index contributed by atoms with van der Waals surface area (Å²) in [6.45, 7) is 0. The van der Waals surface area contributed by atoms with Crippen molar-refractivity contribution in [2.75, 3.05) is 5.32 Å². The van der Waals surface area contributed by atoms with Crippen molar-refractivity contribution in [1.82, 2.24) is 8.75 Å². The van der Waals surface area contributed by atoms with Crippen molar-refractivity contribution < 1.29 is 14.7 Å². The van der Waals surface area contributed by atoms with Gasteiger partial charge in [-0.05, 0) is 17.7 Å². The third kappa shape index (κ3) is 3.11. The second-order valence-electron chi connectivity index (χ2n) is 3.51. The van der Waals surface area contributed by atoms with Gasteiger partial charge < -0.3 is 10.4 Å². The topological polar surface area (TPSA) is 92.2 Å². The number of aliphatic carboxylic acids is 1. The number of carbonyl (C=O) groups excluding carboxylic acids is 1. The molecule has 1 amide bonds. The number of rotatable bonds is 4. The Balaban J connectivity index is 2.02. The highest BCUT2D eigenvalue weighted by Gasteiger charge is 2.08. The smallest absolute Gasteiger partial charge is 0.307 e. The molecule has 1 heterocycles. The molecule has 1 aromatic heterocycles. The molecule has 0 aliphatic heterocycles. The molecule has 0 saturated carbocycles. The monoisotopic (exact) mass is 263 g/mol. The van der Waals surface area contributed by atoms with Crippen LogP contribution in [0.15, 0.2) is 30.5 Å². The lowest BCUT2D eigenvalue weighted by Crippen LogP contribution is -2.12. The van der Waals surface area contributed by atoms with Crippen molar-refractivity contribution in [2.24, 2.45) is 0 Å². The molecular formula is C11H9N3O3S. The van der Waals surface area contributed by atoms with Gasteiger partial charge in [-0.15, -0.1) is 0 Å². The number of carboxylic acids is 1. The number of aromatic nitrogens is 2. The van der Waals surface area contributed by atoms with Gasteiger partial charge in [-0.3, -0.25) is 9.59 Å². The van der Waals surface area contributed by atoms with Gasteiger partial charge in [-0.1, -0.05) is 12.1 Å². The zero-order chi connectivity index (χ0) is 13.0. The van der Waals surface area contributed by atoms with Crippen LogP contribution in [0.4, 0.5) is 5.69 Å². The summed E-state index contributed by atoms with van der Waals surface area (Å²) in [6.07, 6.45) is 1.35. The molecule has 0 bridgehead atoms. The van der Waals surface area contributed by atoms with E-state index in [1.807, 2.05) is 0 Å². The van der Waals surface area contributed by atoms with Crippen molar-refractivity contribution >= 4 is 29.3 Å². The summed E-state index contributed by atoms with van der Waals surface area (Å²) in [6, 6.07) is 6.61. The summed E-state index contributed by atoms with van der Waals surface area (Å²) >= 11 is 0.962. The number of carboxylic acid groups (broad SMARTS) is 1. The average molecular weight is 263 g/mol. The number of carbonyl (C=O) groups is 2. The molecule has 0 fully saturated rings.